The molecule has 1 aliphatic rings. The molecule has 0 amide bonds. The first-order valence-electron chi connectivity index (χ1n) is 5.97. The van der Waals surface area contributed by atoms with Gasteiger partial charge >= 0.3 is 0 Å². The molecule has 0 spiro atoms. The van der Waals surface area contributed by atoms with Crippen LogP contribution in [-0.4, -0.2) is 18.1 Å². The first-order chi connectivity index (χ1) is 7.70. The molecule has 3 heteroatoms. The molecule has 2 rings (SSSR count). The van der Waals surface area contributed by atoms with Crippen molar-refractivity contribution in [2.45, 2.75) is 32.2 Å². The lowest BCUT2D eigenvalue weighted by Gasteiger charge is -2.20. The minimum absolute atomic E-state index is 0.699. The predicted octanol–water partition coefficient (Wildman–Crippen LogP) is 3.02. The maximum absolute atomic E-state index is 4.23. The molecule has 88 valence electrons. The molecule has 2 nitrogen and oxygen atoms in total. The molecule has 0 aromatic carbocycles. The fourth-order valence-electron chi connectivity index (χ4n) is 2.81. The van der Waals surface area contributed by atoms with Crippen molar-refractivity contribution >= 4 is 15.9 Å². The van der Waals surface area contributed by atoms with Crippen LogP contribution in [0.15, 0.2) is 22.9 Å². The van der Waals surface area contributed by atoms with Crippen molar-refractivity contribution in [1.29, 1.82) is 0 Å². The van der Waals surface area contributed by atoms with Crippen molar-refractivity contribution in [3.8, 4) is 0 Å². The third kappa shape index (κ3) is 2.64. The van der Waals surface area contributed by atoms with Crippen LogP contribution < -0.4 is 5.32 Å². The maximum Gasteiger partial charge on any atom is 0.0410 e. The zero-order chi connectivity index (χ0) is 11.5. The van der Waals surface area contributed by atoms with E-state index in [0.29, 0.717) is 6.04 Å². The first kappa shape index (κ1) is 12.1. The third-order valence-corrected chi connectivity index (χ3v) is 4.29. The highest BCUT2D eigenvalue weighted by Crippen LogP contribution is 2.34. The average Bonchev–Trinajstić information content (AvgIpc) is 2.60. The lowest BCUT2D eigenvalue weighted by molar-refractivity contribution is 0.364. The predicted molar refractivity (Wildman–Crippen MR) is 70.4 cm³/mol. The molecule has 0 aliphatic heterocycles. The van der Waals surface area contributed by atoms with Crippen LogP contribution >= 0.6 is 15.9 Å². The van der Waals surface area contributed by atoms with Gasteiger partial charge in [0.05, 0.1) is 0 Å². The number of nitrogens with zero attached hydrogens (tertiary/aromatic N) is 1. The average molecular weight is 283 g/mol. The summed E-state index contributed by atoms with van der Waals surface area (Å²) in [5, 5.41) is 3.42. The van der Waals surface area contributed by atoms with Crippen molar-refractivity contribution in [3.05, 3.63) is 28.5 Å². The second-order valence-electron chi connectivity index (χ2n) is 4.81. The van der Waals surface area contributed by atoms with E-state index < -0.39 is 0 Å². The standard InChI is InChI=1S/C13H19BrN2/c1-9-11(3-4-13(9)15-2)5-10-6-12(14)8-16-7-10/h6-9,11,13,15H,3-5H2,1-2H3. The van der Waals surface area contributed by atoms with Gasteiger partial charge in [-0.2, -0.15) is 0 Å². The summed E-state index contributed by atoms with van der Waals surface area (Å²) in [6.07, 6.45) is 7.64. The Labute approximate surface area is 106 Å². The molecule has 0 saturated heterocycles. The summed E-state index contributed by atoms with van der Waals surface area (Å²) in [5.74, 6) is 1.57. The molecule has 0 bridgehead atoms. The largest absolute Gasteiger partial charge is 0.317 e. The summed E-state index contributed by atoms with van der Waals surface area (Å²) in [6.45, 7) is 2.37. The van der Waals surface area contributed by atoms with E-state index >= 15 is 0 Å². The van der Waals surface area contributed by atoms with Gasteiger partial charge < -0.3 is 5.32 Å². The first-order valence-corrected chi connectivity index (χ1v) is 6.76. The van der Waals surface area contributed by atoms with Crippen LogP contribution in [0, 0.1) is 11.8 Å². The SMILES string of the molecule is CNC1CCC(Cc2cncc(Br)c2)C1C. The van der Waals surface area contributed by atoms with Crippen LogP contribution in [0.2, 0.25) is 0 Å². The number of aromatic nitrogens is 1. The fourth-order valence-corrected chi connectivity index (χ4v) is 3.23. The summed E-state index contributed by atoms with van der Waals surface area (Å²) in [5.41, 5.74) is 1.35. The Balaban J connectivity index is 2.00. The molecule has 3 atom stereocenters. The van der Waals surface area contributed by atoms with Crippen LogP contribution in [-0.2, 0) is 6.42 Å². The zero-order valence-corrected chi connectivity index (χ0v) is 11.5. The van der Waals surface area contributed by atoms with Crippen molar-refractivity contribution in [3.63, 3.8) is 0 Å². The fraction of sp³-hybridized carbons (Fsp3) is 0.615. The third-order valence-electron chi connectivity index (χ3n) is 3.86. The van der Waals surface area contributed by atoms with Crippen LogP contribution in [0.5, 0.6) is 0 Å². The van der Waals surface area contributed by atoms with Gasteiger partial charge in [0.1, 0.15) is 0 Å². The zero-order valence-electron chi connectivity index (χ0n) is 9.91. The summed E-state index contributed by atoms with van der Waals surface area (Å²) < 4.78 is 1.08. The molecule has 1 fully saturated rings. The Morgan fingerprint density at radius 3 is 2.88 bits per heavy atom. The molecule has 1 aromatic heterocycles. The van der Waals surface area contributed by atoms with E-state index in [0.717, 1.165) is 22.7 Å². The Bertz CT molecular complexity index is 354. The van der Waals surface area contributed by atoms with Crippen molar-refractivity contribution < 1.29 is 0 Å². The molecular weight excluding hydrogens is 264 g/mol. The Morgan fingerprint density at radius 1 is 1.44 bits per heavy atom. The summed E-state index contributed by atoms with van der Waals surface area (Å²) in [7, 11) is 2.07. The van der Waals surface area contributed by atoms with Crippen LogP contribution in [0.3, 0.4) is 0 Å². The van der Waals surface area contributed by atoms with Crippen molar-refractivity contribution in [2.24, 2.45) is 11.8 Å². The Morgan fingerprint density at radius 2 is 2.25 bits per heavy atom. The van der Waals surface area contributed by atoms with E-state index in [2.05, 4.69) is 46.3 Å². The van der Waals surface area contributed by atoms with Gasteiger partial charge in [0, 0.05) is 22.9 Å². The highest BCUT2D eigenvalue weighted by Gasteiger charge is 2.31. The molecule has 1 aromatic rings. The number of hydrogen-bond acceptors (Lipinski definition) is 2. The number of rotatable bonds is 3. The minimum Gasteiger partial charge on any atom is -0.317 e. The van der Waals surface area contributed by atoms with Gasteiger partial charge in [-0.05, 0) is 65.7 Å². The molecule has 1 saturated carbocycles. The quantitative estimate of drug-likeness (QED) is 0.922. The number of pyridine rings is 1. The van der Waals surface area contributed by atoms with E-state index in [1.165, 1.54) is 18.4 Å². The summed E-state index contributed by atoms with van der Waals surface area (Å²) in [6, 6.07) is 2.89. The Kier molecular flexibility index (Phi) is 3.98. The van der Waals surface area contributed by atoms with Gasteiger partial charge in [-0.15, -0.1) is 0 Å². The smallest absolute Gasteiger partial charge is 0.0410 e. The molecule has 1 aliphatic carbocycles. The van der Waals surface area contributed by atoms with Crippen LogP contribution in [0.1, 0.15) is 25.3 Å². The van der Waals surface area contributed by atoms with E-state index in [1.54, 1.807) is 0 Å². The molecule has 16 heavy (non-hydrogen) atoms. The monoisotopic (exact) mass is 282 g/mol. The highest BCUT2D eigenvalue weighted by atomic mass is 79.9. The lowest BCUT2D eigenvalue weighted by atomic mass is 9.90. The molecule has 1 heterocycles. The summed E-state index contributed by atoms with van der Waals surface area (Å²) in [4.78, 5) is 4.23. The maximum atomic E-state index is 4.23. The van der Waals surface area contributed by atoms with Gasteiger partial charge in [0.15, 0.2) is 0 Å². The van der Waals surface area contributed by atoms with Gasteiger partial charge in [-0.1, -0.05) is 6.92 Å². The topological polar surface area (TPSA) is 24.9 Å². The van der Waals surface area contributed by atoms with Crippen molar-refractivity contribution in [1.82, 2.24) is 10.3 Å². The van der Waals surface area contributed by atoms with E-state index in [4.69, 9.17) is 0 Å². The van der Waals surface area contributed by atoms with Gasteiger partial charge in [-0.25, -0.2) is 0 Å². The second-order valence-corrected chi connectivity index (χ2v) is 5.72. The number of halogens is 1. The number of nitrogens with one attached hydrogen (secondary N) is 1. The minimum atomic E-state index is 0.699. The van der Waals surface area contributed by atoms with E-state index in [9.17, 15) is 0 Å². The van der Waals surface area contributed by atoms with Gasteiger partial charge in [0.2, 0.25) is 0 Å². The van der Waals surface area contributed by atoms with Crippen LogP contribution in [0.4, 0.5) is 0 Å². The molecule has 0 radical (unpaired) electrons. The second kappa shape index (κ2) is 5.28. The normalized spacial score (nSPS) is 29.6. The molecule has 3 unspecified atom stereocenters. The summed E-state index contributed by atoms with van der Waals surface area (Å²) >= 11 is 3.48. The highest BCUT2D eigenvalue weighted by molar-refractivity contribution is 9.10. The van der Waals surface area contributed by atoms with Gasteiger partial charge in [0.25, 0.3) is 0 Å². The van der Waals surface area contributed by atoms with E-state index in [1.807, 2.05) is 12.4 Å². The molecule has 1 N–H and O–H groups in total. The lowest BCUT2D eigenvalue weighted by Crippen LogP contribution is -2.29. The van der Waals surface area contributed by atoms with E-state index in [-0.39, 0.29) is 0 Å². The Hall–Kier alpha value is -0.410. The van der Waals surface area contributed by atoms with Crippen LogP contribution in [0.25, 0.3) is 0 Å². The molecular formula is C13H19BrN2. The van der Waals surface area contributed by atoms with Crippen molar-refractivity contribution in [2.75, 3.05) is 7.05 Å². The number of hydrogen-bond donors (Lipinski definition) is 1. The van der Waals surface area contributed by atoms with Gasteiger partial charge in [-0.3, -0.25) is 4.98 Å².